The van der Waals surface area contributed by atoms with Gasteiger partial charge in [-0.1, -0.05) is 17.7 Å². The lowest BCUT2D eigenvalue weighted by Gasteiger charge is -2.16. The second kappa shape index (κ2) is 9.92. The van der Waals surface area contributed by atoms with Gasteiger partial charge in [-0.25, -0.2) is 0 Å². The summed E-state index contributed by atoms with van der Waals surface area (Å²) in [4.78, 5) is 12.1. The zero-order valence-electron chi connectivity index (χ0n) is 15.3. The van der Waals surface area contributed by atoms with Crippen LogP contribution in [0.15, 0.2) is 42.5 Å². The second-order valence-corrected chi connectivity index (χ2v) is 6.25. The van der Waals surface area contributed by atoms with Gasteiger partial charge in [0.2, 0.25) is 5.91 Å². The van der Waals surface area contributed by atoms with E-state index in [1.54, 1.807) is 26.4 Å². The van der Waals surface area contributed by atoms with Crippen molar-refractivity contribution >= 4 is 17.5 Å². The summed E-state index contributed by atoms with van der Waals surface area (Å²) in [6.45, 7) is 2.41. The summed E-state index contributed by atoms with van der Waals surface area (Å²) < 4.78 is 16.1. The van der Waals surface area contributed by atoms with Crippen molar-refractivity contribution in [2.75, 3.05) is 20.8 Å². The number of hydrogen-bond acceptors (Lipinski definition) is 4. The standard InChI is InChI=1S/C20H24ClNO4/c1-14(15-6-11-18(24-2)19(13-15)25-3)22-20(23)5-4-12-26-17-9-7-16(21)8-10-17/h6-11,13-14H,4-5,12H2,1-3H3,(H,22,23)/t14-/m1/s1. The van der Waals surface area contributed by atoms with Crippen LogP contribution >= 0.6 is 11.6 Å². The minimum Gasteiger partial charge on any atom is -0.494 e. The van der Waals surface area contributed by atoms with Gasteiger partial charge in [-0.05, 0) is 55.3 Å². The number of rotatable bonds is 9. The van der Waals surface area contributed by atoms with Crippen molar-refractivity contribution in [2.24, 2.45) is 0 Å². The Bertz CT molecular complexity index is 718. The molecule has 26 heavy (non-hydrogen) atoms. The number of nitrogens with one attached hydrogen (secondary N) is 1. The molecule has 0 aromatic heterocycles. The minimum absolute atomic E-state index is 0.0213. The van der Waals surface area contributed by atoms with Crippen LogP contribution in [0, 0.1) is 0 Å². The molecule has 0 aliphatic heterocycles. The largest absolute Gasteiger partial charge is 0.494 e. The molecule has 1 atom stereocenters. The smallest absolute Gasteiger partial charge is 0.220 e. The summed E-state index contributed by atoms with van der Waals surface area (Å²) in [6, 6.07) is 12.6. The van der Waals surface area contributed by atoms with Gasteiger partial charge in [0.15, 0.2) is 11.5 Å². The van der Waals surface area contributed by atoms with Gasteiger partial charge in [-0.3, -0.25) is 4.79 Å². The lowest BCUT2D eigenvalue weighted by atomic mass is 10.1. The maximum Gasteiger partial charge on any atom is 0.220 e. The van der Waals surface area contributed by atoms with E-state index in [1.807, 2.05) is 37.3 Å². The van der Waals surface area contributed by atoms with Crippen molar-refractivity contribution in [3.05, 3.63) is 53.1 Å². The molecule has 0 unspecified atom stereocenters. The Kier molecular flexibility index (Phi) is 7.60. The molecule has 0 bridgehead atoms. The number of carbonyl (C=O) groups is 1. The monoisotopic (exact) mass is 377 g/mol. The van der Waals surface area contributed by atoms with E-state index in [-0.39, 0.29) is 11.9 Å². The Labute approximate surface area is 159 Å². The molecule has 0 saturated heterocycles. The zero-order chi connectivity index (χ0) is 18.9. The van der Waals surface area contributed by atoms with E-state index in [4.69, 9.17) is 25.8 Å². The van der Waals surface area contributed by atoms with Gasteiger partial charge in [-0.15, -0.1) is 0 Å². The highest BCUT2D eigenvalue weighted by atomic mass is 35.5. The number of carbonyl (C=O) groups excluding carboxylic acids is 1. The van der Waals surface area contributed by atoms with Gasteiger partial charge in [-0.2, -0.15) is 0 Å². The number of amides is 1. The summed E-state index contributed by atoms with van der Waals surface area (Å²) in [5, 5.41) is 3.65. The molecule has 2 aromatic carbocycles. The molecular weight excluding hydrogens is 354 g/mol. The number of methoxy groups -OCH3 is 2. The fourth-order valence-corrected chi connectivity index (χ4v) is 2.60. The molecule has 140 valence electrons. The predicted octanol–water partition coefficient (Wildman–Crippen LogP) is 4.39. The van der Waals surface area contributed by atoms with E-state index >= 15 is 0 Å². The van der Waals surface area contributed by atoms with E-state index in [2.05, 4.69) is 5.32 Å². The Balaban J connectivity index is 1.77. The van der Waals surface area contributed by atoms with Gasteiger partial charge in [0, 0.05) is 11.4 Å². The molecule has 0 aliphatic rings. The third kappa shape index (κ3) is 5.85. The third-order valence-corrected chi connectivity index (χ3v) is 4.17. The molecule has 2 aromatic rings. The number of ether oxygens (including phenoxy) is 3. The molecule has 5 nitrogen and oxygen atoms in total. The zero-order valence-corrected chi connectivity index (χ0v) is 16.0. The van der Waals surface area contributed by atoms with Crippen LogP contribution in [0.4, 0.5) is 0 Å². The molecular formula is C20H24ClNO4. The quantitative estimate of drug-likeness (QED) is 0.658. The van der Waals surface area contributed by atoms with Crippen molar-refractivity contribution in [3.8, 4) is 17.2 Å². The molecule has 2 rings (SSSR count). The molecule has 1 N–H and O–H groups in total. The Morgan fingerprint density at radius 1 is 1.08 bits per heavy atom. The van der Waals surface area contributed by atoms with Gasteiger partial charge in [0.1, 0.15) is 5.75 Å². The van der Waals surface area contributed by atoms with Crippen LogP contribution in [0.2, 0.25) is 5.02 Å². The first kappa shape index (κ1) is 19.9. The summed E-state index contributed by atoms with van der Waals surface area (Å²) in [7, 11) is 3.18. The Morgan fingerprint density at radius 2 is 1.77 bits per heavy atom. The Morgan fingerprint density at radius 3 is 2.42 bits per heavy atom. The minimum atomic E-state index is -0.125. The van der Waals surface area contributed by atoms with Gasteiger partial charge >= 0.3 is 0 Å². The van der Waals surface area contributed by atoms with Crippen LogP contribution in [0.1, 0.15) is 31.4 Å². The first-order valence-electron chi connectivity index (χ1n) is 8.43. The second-order valence-electron chi connectivity index (χ2n) is 5.81. The summed E-state index contributed by atoms with van der Waals surface area (Å²) in [5.41, 5.74) is 0.952. The summed E-state index contributed by atoms with van der Waals surface area (Å²) >= 11 is 5.83. The molecule has 0 spiro atoms. The maximum atomic E-state index is 12.1. The highest BCUT2D eigenvalue weighted by Crippen LogP contribution is 2.29. The lowest BCUT2D eigenvalue weighted by Crippen LogP contribution is -2.26. The van der Waals surface area contributed by atoms with Crippen molar-refractivity contribution in [3.63, 3.8) is 0 Å². The van der Waals surface area contributed by atoms with Gasteiger partial charge in [0.05, 0.1) is 26.9 Å². The topological polar surface area (TPSA) is 56.8 Å². The van der Waals surface area contributed by atoms with Crippen molar-refractivity contribution in [1.29, 1.82) is 0 Å². The van der Waals surface area contributed by atoms with Crippen molar-refractivity contribution in [1.82, 2.24) is 5.32 Å². The molecule has 0 fully saturated rings. The van der Waals surface area contributed by atoms with Crippen LogP contribution in [-0.2, 0) is 4.79 Å². The van der Waals surface area contributed by atoms with Gasteiger partial charge in [0.25, 0.3) is 0 Å². The molecule has 0 radical (unpaired) electrons. The molecule has 1 amide bonds. The Hall–Kier alpha value is -2.40. The maximum absolute atomic E-state index is 12.1. The molecule has 0 heterocycles. The molecule has 6 heteroatoms. The van der Waals surface area contributed by atoms with E-state index in [0.717, 1.165) is 11.3 Å². The molecule has 0 aliphatic carbocycles. The van der Waals surface area contributed by atoms with Gasteiger partial charge < -0.3 is 19.5 Å². The van der Waals surface area contributed by atoms with E-state index in [0.29, 0.717) is 36.0 Å². The number of hydrogen-bond donors (Lipinski definition) is 1. The van der Waals surface area contributed by atoms with Crippen LogP contribution in [0.5, 0.6) is 17.2 Å². The average Bonchev–Trinajstić information content (AvgIpc) is 2.66. The van der Waals surface area contributed by atoms with Crippen molar-refractivity contribution in [2.45, 2.75) is 25.8 Å². The SMILES string of the molecule is COc1ccc([C@@H](C)NC(=O)CCCOc2ccc(Cl)cc2)cc1OC. The molecule has 0 saturated carbocycles. The first-order valence-corrected chi connectivity index (χ1v) is 8.81. The van der Waals surface area contributed by atoms with Crippen LogP contribution < -0.4 is 19.5 Å². The van der Waals surface area contributed by atoms with Crippen LogP contribution in [0.25, 0.3) is 0 Å². The normalized spacial score (nSPS) is 11.5. The van der Waals surface area contributed by atoms with Crippen LogP contribution in [0.3, 0.4) is 0 Å². The number of halogens is 1. The lowest BCUT2D eigenvalue weighted by molar-refractivity contribution is -0.121. The highest BCUT2D eigenvalue weighted by Gasteiger charge is 2.12. The van der Waals surface area contributed by atoms with E-state index < -0.39 is 0 Å². The summed E-state index contributed by atoms with van der Waals surface area (Å²) in [5.74, 6) is 2.03. The predicted molar refractivity (Wildman–Crippen MR) is 102 cm³/mol. The average molecular weight is 378 g/mol. The van der Waals surface area contributed by atoms with E-state index in [9.17, 15) is 4.79 Å². The number of benzene rings is 2. The van der Waals surface area contributed by atoms with Crippen LogP contribution in [-0.4, -0.2) is 26.7 Å². The fraction of sp³-hybridized carbons (Fsp3) is 0.350. The fourth-order valence-electron chi connectivity index (χ4n) is 2.47. The highest BCUT2D eigenvalue weighted by molar-refractivity contribution is 6.30. The third-order valence-electron chi connectivity index (χ3n) is 3.92. The van der Waals surface area contributed by atoms with Crippen molar-refractivity contribution < 1.29 is 19.0 Å². The summed E-state index contributed by atoms with van der Waals surface area (Å²) in [6.07, 6.45) is 1.03. The first-order chi connectivity index (χ1) is 12.5. The van der Waals surface area contributed by atoms with E-state index in [1.165, 1.54) is 0 Å².